The molecule has 1 aromatic carbocycles. The lowest BCUT2D eigenvalue weighted by Crippen LogP contribution is -2.04. The highest BCUT2D eigenvalue weighted by molar-refractivity contribution is 5.56. The number of nitro groups is 1. The van der Waals surface area contributed by atoms with E-state index < -0.39 is 16.4 Å². The first kappa shape index (κ1) is 16.0. The molecule has 0 saturated carbocycles. The molecule has 0 bridgehead atoms. The summed E-state index contributed by atoms with van der Waals surface area (Å²) in [4.78, 5) is 19.2. The Morgan fingerprint density at radius 1 is 1.39 bits per heavy atom. The second-order valence-corrected chi connectivity index (χ2v) is 4.66. The summed E-state index contributed by atoms with van der Waals surface area (Å²) >= 11 is 0. The zero-order valence-corrected chi connectivity index (χ0v) is 10.9. The number of nitrogens with zero attached hydrogens (tertiary/aromatic N) is 1. The molecule has 0 aromatic heterocycles. The van der Waals surface area contributed by atoms with Crippen molar-refractivity contribution < 1.29 is 14.1 Å². The van der Waals surface area contributed by atoms with Crippen LogP contribution in [0.5, 0.6) is 0 Å². The summed E-state index contributed by atoms with van der Waals surface area (Å²) in [6, 6.07) is 3.65. The van der Waals surface area contributed by atoms with Crippen molar-refractivity contribution in [1.29, 1.82) is 0 Å². The molecular weight excluding hydrogens is 239 g/mol. The highest BCUT2D eigenvalue weighted by Gasteiger charge is 2.12. The third-order valence-corrected chi connectivity index (χ3v) is 1.79. The molecule has 0 saturated heterocycles. The molecule has 0 fully saturated rings. The summed E-state index contributed by atoms with van der Waals surface area (Å²) in [5, 5.41) is 12.8. The van der Waals surface area contributed by atoms with Crippen LogP contribution in [0.15, 0.2) is 18.2 Å². The Labute approximate surface area is 105 Å². The van der Waals surface area contributed by atoms with E-state index in [-0.39, 0.29) is 5.41 Å². The number of hydrogen-bond acceptors (Lipinski definition) is 4. The number of rotatable bonds is 2. The van der Waals surface area contributed by atoms with Crippen molar-refractivity contribution in [2.24, 2.45) is 5.41 Å². The SMILES string of the molecule is CC(C)(C)C=O.CNc1ccc([N+](=O)[O-])c(F)c1. The number of nitrogens with one attached hydrogen (secondary N) is 1. The monoisotopic (exact) mass is 256 g/mol. The molecule has 0 radical (unpaired) electrons. The lowest BCUT2D eigenvalue weighted by Gasteiger charge is -2.03. The molecule has 0 aliphatic heterocycles. The van der Waals surface area contributed by atoms with Gasteiger partial charge < -0.3 is 10.1 Å². The fraction of sp³-hybridized carbons (Fsp3) is 0.417. The highest BCUT2D eigenvalue weighted by atomic mass is 19.1. The Morgan fingerprint density at radius 2 is 1.89 bits per heavy atom. The molecule has 0 heterocycles. The maximum Gasteiger partial charge on any atom is 0.304 e. The van der Waals surface area contributed by atoms with Crippen LogP contribution < -0.4 is 5.32 Å². The van der Waals surface area contributed by atoms with Gasteiger partial charge in [0, 0.05) is 30.3 Å². The average molecular weight is 256 g/mol. The summed E-state index contributed by atoms with van der Waals surface area (Å²) in [5.74, 6) is -0.827. The third kappa shape index (κ3) is 5.93. The predicted octanol–water partition coefficient (Wildman–Crippen LogP) is 3.01. The normalized spacial score (nSPS) is 10.1. The summed E-state index contributed by atoms with van der Waals surface area (Å²) in [6.45, 7) is 5.62. The maximum atomic E-state index is 12.8. The van der Waals surface area contributed by atoms with Crippen LogP contribution in [0.25, 0.3) is 0 Å². The van der Waals surface area contributed by atoms with E-state index in [1.54, 1.807) is 7.05 Å². The van der Waals surface area contributed by atoms with Crippen LogP contribution in [0.2, 0.25) is 0 Å². The molecule has 100 valence electrons. The molecule has 18 heavy (non-hydrogen) atoms. The van der Waals surface area contributed by atoms with Gasteiger partial charge in [0.05, 0.1) is 4.92 Å². The van der Waals surface area contributed by atoms with Crippen molar-refractivity contribution >= 4 is 17.7 Å². The number of halogens is 1. The van der Waals surface area contributed by atoms with Crippen molar-refractivity contribution in [1.82, 2.24) is 0 Å². The van der Waals surface area contributed by atoms with E-state index in [0.717, 1.165) is 18.4 Å². The number of benzene rings is 1. The van der Waals surface area contributed by atoms with Gasteiger partial charge in [0.2, 0.25) is 5.82 Å². The number of hydrogen-bond donors (Lipinski definition) is 1. The molecule has 0 amide bonds. The smallest absolute Gasteiger partial charge is 0.304 e. The zero-order chi connectivity index (χ0) is 14.3. The average Bonchev–Trinajstić information content (AvgIpc) is 2.28. The van der Waals surface area contributed by atoms with Gasteiger partial charge in [-0.1, -0.05) is 20.8 Å². The van der Waals surface area contributed by atoms with Crippen LogP contribution in [0, 0.1) is 21.3 Å². The van der Waals surface area contributed by atoms with Crippen LogP contribution in [-0.2, 0) is 4.79 Å². The largest absolute Gasteiger partial charge is 0.388 e. The lowest BCUT2D eigenvalue weighted by molar-refractivity contribution is -0.387. The molecule has 0 spiro atoms. The summed E-state index contributed by atoms with van der Waals surface area (Å²) < 4.78 is 12.8. The zero-order valence-electron chi connectivity index (χ0n) is 10.9. The Hall–Kier alpha value is -1.98. The minimum Gasteiger partial charge on any atom is -0.388 e. The molecule has 0 unspecified atom stereocenters. The van der Waals surface area contributed by atoms with Gasteiger partial charge in [-0.05, 0) is 6.07 Å². The Balaban J connectivity index is 0.000000411. The first-order chi connectivity index (χ1) is 8.21. The van der Waals surface area contributed by atoms with Crippen LogP contribution in [0.1, 0.15) is 20.8 Å². The van der Waals surface area contributed by atoms with Crippen molar-refractivity contribution in [2.45, 2.75) is 20.8 Å². The molecule has 1 aromatic rings. The van der Waals surface area contributed by atoms with E-state index in [1.807, 2.05) is 20.8 Å². The molecule has 0 aliphatic rings. The van der Waals surface area contributed by atoms with E-state index in [9.17, 15) is 19.3 Å². The van der Waals surface area contributed by atoms with E-state index in [0.29, 0.717) is 5.69 Å². The van der Waals surface area contributed by atoms with E-state index in [2.05, 4.69) is 5.32 Å². The molecule has 1 rings (SSSR count). The van der Waals surface area contributed by atoms with Gasteiger partial charge in [0.15, 0.2) is 0 Å². The van der Waals surface area contributed by atoms with E-state index in [4.69, 9.17) is 0 Å². The second kappa shape index (κ2) is 6.68. The van der Waals surface area contributed by atoms with Gasteiger partial charge in [0.1, 0.15) is 6.29 Å². The minimum atomic E-state index is -0.827. The molecule has 0 atom stereocenters. The Kier molecular flexibility index (Phi) is 5.95. The van der Waals surface area contributed by atoms with E-state index >= 15 is 0 Å². The first-order valence-electron chi connectivity index (χ1n) is 5.29. The van der Waals surface area contributed by atoms with Crippen molar-refractivity contribution in [3.05, 3.63) is 34.1 Å². The van der Waals surface area contributed by atoms with Gasteiger partial charge in [-0.15, -0.1) is 0 Å². The predicted molar refractivity (Wildman–Crippen MR) is 68.1 cm³/mol. The van der Waals surface area contributed by atoms with Crippen LogP contribution in [-0.4, -0.2) is 18.3 Å². The van der Waals surface area contributed by atoms with Crippen molar-refractivity contribution in [3.8, 4) is 0 Å². The fourth-order valence-electron chi connectivity index (χ4n) is 0.810. The summed E-state index contributed by atoms with van der Waals surface area (Å²) in [5.41, 5.74) is -0.132. The fourth-order valence-corrected chi connectivity index (χ4v) is 0.810. The number of carbonyl (C=O) groups is 1. The van der Waals surface area contributed by atoms with Gasteiger partial charge >= 0.3 is 5.69 Å². The summed E-state index contributed by atoms with van der Waals surface area (Å²) in [6.07, 6.45) is 0.938. The van der Waals surface area contributed by atoms with Gasteiger partial charge in [0.25, 0.3) is 0 Å². The van der Waals surface area contributed by atoms with Crippen molar-refractivity contribution in [3.63, 3.8) is 0 Å². The van der Waals surface area contributed by atoms with Gasteiger partial charge in [-0.2, -0.15) is 4.39 Å². The van der Waals surface area contributed by atoms with Gasteiger partial charge in [-0.25, -0.2) is 0 Å². The first-order valence-corrected chi connectivity index (χ1v) is 5.29. The van der Waals surface area contributed by atoms with Crippen molar-refractivity contribution in [2.75, 3.05) is 12.4 Å². The Bertz CT molecular complexity index is 428. The topological polar surface area (TPSA) is 72.2 Å². The molecule has 0 aliphatic carbocycles. The quantitative estimate of drug-likeness (QED) is 0.501. The number of nitro benzene ring substituents is 1. The second-order valence-electron chi connectivity index (χ2n) is 4.66. The van der Waals surface area contributed by atoms with Gasteiger partial charge in [-0.3, -0.25) is 10.1 Å². The van der Waals surface area contributed by atoms with Crippen LogP contribution in [0.3, 0.4) is 0 Å². The molecular formula is C12H17FN2O3. The standard InChI is InChI=1S/C7H7FN2O2.C5H10O/c1-9-5-2-3-7(10(11)12)6(8)4-5;1-5(2,3)4-6/h2-4,9H,1H3;4H,1-3H3. The van der Waals surface area contributed by atoms with E-state index in [1.165, 1.54) is 6.07 Å². The van der Waals surface area contributed by atoms with Crippen LogP contribution in [0.4, 0.5) is 15.8 Å². The summed E-state index contributed by atoms with van der Waals surface area (Å²) in [7, 11) is 1.61. The number of aldehydes is 1. The lowest BCUT2D eigenvalue weighted by atomic mass is 10.0. The van der Waals surface area contributed by atoms with Crippen LogP contribution >= 0.6 is 0 Å². The minimum absolute atomic E-state index is 0.139. The molecule has 6 heteroatoms. The molecule has 5 nitrogen and oxygen atoms in total. The Morgan fingerprint density at radius 3 is 2.17 bits per heavy atom. The maximum absolute atomic E-state index is 12.8. The third-order valence-electron chi connectivity index (χ3n) is 1.79. The molecule has 1 N–H and O–H groups in total. The highest BCUT2D eigenvalue weighted by Crippen LogP contribution is 2.20. The number of carbonyl (C=O) groups excluding carboxylic acids is 1. The number of anilines is 1.